The van der Waals surface area contributed by atoms with E-state index in [0.717, 1.165) is 24.7 Å². The van der Waals surface area contributed by atoms with Crippen molar-refractivity contribution in [1.82, 2.24) is 10.2 Å². The van der Waals surface area contributed by atoms with Gasteiger partial charge in [-0.2, -0.15) is 0 Å². The molecule has 0 aliphatic heterocycles. The van der Waals surface area contributed by atoms with Crippen molar-refractivity contribution < 1.29 is 4.74 Å². The van der Waals surface area contributed by atoms with Crippen LogP contribution in [0.4, 0.5) is 0 Å². The number of methoxy groups -OCH3 is 1. The van der Waals surface area contributed by atoms with Crippen LogP contribution in [-0.4, -0.2) is 43.4 Å². The van der Waals surface area contributed by atoms with Crippen molar-refractivity contribution in [3.05, 3.63) is 0 Å². The number of rotatable bonds is 13. The molecule has 3 nitrogen and oxygen atoms in total. The Morgan fingerprint density at radius 1 is 0.950 bits per heavy atom. The van der Waals surface area contributed by atoms with Crippen LogP contribution in [0.2, 0.25) is 0 Å². The molecule has 0 heterocycles. The van der Waals surface area contributed by atoms with Crippen molar-refractivity contribution >= 4 is 17.3 Å². The van der Waals surface area contributed by atoms with Gasteiger partial charge >= 0.3 is 0 Å². The zero-order valence-corrected chi connectivity index (χ0v) is 14.6. The van der Waals surface area contributed by atoms with Gasteiger partial charge in [0.05, 0.1) is 6.61 Å². The molecule has 0 spiro atoms. The van der Waals surface area contributed by atoms with E-state index < -0.39 is 0 Å². The van der Waals surface area contributed by atoms with Crippen LogP contribution in [0.25, 0.3) is 0 Å². The molecule has 0 aromatic carbocycles. The lowest BCUT2D eigenvalue weighted by Gasteiger charge is -2.26. The van der Waals surface area contributed by atoms with E-state index in [1.54, 1.807) is 7.11 Å². The third-order valence-electron chi connectivity index (χ3n) is 3.43. The van der Waals surface area contributed by atoms with E-state index in [1.165, 1.54) is 51.4 Å². The second-order valence-electron chi connectivity index (χ2n) is 5.33. The molecule has 0 bridgehead atoms. The van der Waals surface area contributed by atoms with Crippen LogP contribution in [0.3, 0.4) is 0 Å². The minimum absolute atomic E-state index is 0.708. The molecule has 0 amide bonds. The molecule has 0 aromatic heterocycles. The zero-order valence-electron chi connectivity index (χ0n) is 13.7. The highest BCUT2D eigenvalue weighted by atomic mass is 32.1. The lowest BCUT2D eigenvalue weighted by atomic mass is 10.2. The molecule has 0 atom stereocenters. The van der Waals surface area contributed by atoms with E-state index in [4.69, 9.17) is 17.0 Å². The molecule has 0 saturated carbocycles. The first-order valence-electron chi connectivity index (χ1n) is 8.27. The van der Waals surface area contributed by atoms with Crippen molar-refractivity contribution in [3.8, 4) is 0 Å². The highest BCUT2D eigenvalue weighted by Crippen LogP contribution is 2.05. The average Bonchev–Trinajstić information content (AvgIpc) is 2.45. The van der Waals surface area contributed by atoms with Crippen LogP contribution < -0.4 is 5.32 Å². The first-order chi connectivity index (χ1) is 9.76. The molecule has 0 aliphatic carbocycles. The molecule has 0 aliphatic rings. The molecule has 0 aromatic rings. The van der Waals surface area contributed by atoms with Crippen LogP contribution >= 0.6 is 12.2 Å². The Morgan fingerprint density at radius 3 is 1.95 bits per heavy atom. The van der Waals surface area contributed by atoms with Gasteiger partial charge in [0.1, 0.15) is 0 Å². The Bertz CT molecular complexity index is 213. The lowest BCUT2D eigenvalue weighted by Crippen LogP contribution is -2.42. The van der Waals surface area contributed by atoms with Gasteiger partial charge in [0.2, 0.25) is 0 Å². The molecule has 1 N–H and O–H groups in total. The second-order valence-corrected chi connectivity index (χ2v) is 5.72. The monoisotopic (exact) mass is 302 g/mol. The largest absolute Gasteiger partial charge is 0.383 e. The summed E-state index contributed by atoms with van der Waals surface area (Å²) in [5, 5.41) is 4.20. The number of hydrogen-bond acceptors (Lipinski definition) is 2. The topological polar surface area (TPSA) is 24.5 Å². The fourth-order valence-electron chi connectivity index (χ4n) is 2.15. The molecule has 0 fully saturated rings. The predicted molar refractivity (Wildman–Crippen MR) is 92.3 cm³/mol. The summed E-state index contributed by atoms with van der Waals surface area (Å²) in [6.45, 7) is 8.18. The number of ether oxygens (including phenoxy) is 1. The van der Waals surface area contributed by atoms with E-state index >= 15 is 0 Å². The molecule has 4 heteroatoms. The molecule has 0 unspecified atom stereocenters. The Labute approximate surface area is 131 Å². The summed E-state index contributed by atoms with van der Waals surface area (Å²) in [4.78, 5) is 2.34. The first kappa shape index (κ1) is 19.7. The maximum absolute atomic E-state index is 5.50. The maximum atomic E-state index is 5.50. The molecule has 20 heavy (non-hydrogen) atoms. The molecule has 0 radical (unpaired) electrons. The third kappa shape index (κ3) is 11.5. The number of thiocarbonyl (C=S) groups is 1. The summed E-state index contributed by atoms with van der Waals surface area (Å²) in [6.07, 6.45) is 10.3. The van der Waals surface area contributed by atoms with Crippen molar-refractivity contribution in [2.24, 2.45) is 0 Å². The highest BCUT2D eigenvalue weighted by molar-refractivity contribution is 7.80. The van der Waals surface area contributed by atoms with Crippen LogP contribution in [0.1, 0.15) is 65.2 Å². The molecule has 120 valence electrons. The summed E-state index contributed by atoms with van der Waals surface area (Å²) >= 11 is 5.50. The van der Waals surface area contributed by atoms with Gasteiger partial charge in [-0.15, -0.1) is 0 Å². The van der Waals surface area contributed by atoms with Gasteiger partial charge in [0.15, 0.2) is 5.11 Å². The van der Waals surface area contributed by atoms with Gasteiger partial charge in [0, 0.05) is 26.7 Å². The predicted octanol–water partition coefficient (Wildman–Crippen LogP) is 3.97. The Hall–Kier alpha value is -0.350. The first-order valence-corrected chi connectivity index (χ1v) is 8.68. The summed E-state index contributed by atoms with van der Waals surface area (Å²) in [7, 11) is 1.72. The van der Waals surface area contributed by atoms with E-state index in [2.05, 4.69) is 24.1 Å². The number of unbranched alkanes of at least 4 members (excludes halogenated alkanes) is 6. The van der Waals surface area contributed by atoms with Gasteiger partial charge in [0.25, 0.3) is 0 Å². The van der Waals surface area contributed by atoms with Crippen molar-refractivity contribution in [2.45, 2.75) is 65.2 Å². The van der Waals surface area contributed by atoms with Gasteiger partial charge in [-0.05, 0) is 25.1 Å². The minimum Gasteiger partial charge on any atom is -0.383 e. The summed E-state index contributed by atoms with van der Waals surface area (Å²) in [6, 6.07) is 0. The number of hydrogen-bond donors (Lipinski definition) is 1. The Morgan fingerprint density at radius 2 is 1.50 bits per heavy atom. The second kappa shape index (κ2) is 15.0. The third-order valence-corrected chi connectivity index (χ3v) is 3.84. The van der Waals surface area contributed by atoms with E-state index in [9.17, 15) is 0 Å². The van der Waals surface area contributed by atoms with Crippen LogP contribution in [-0.2, 0) is 4.74 Å². The quantitative estimate of drug-likeness (QED) is 0.411. The van der Waals surface area contributed by atoms with Crippen molar-refractivity contribution in [2.75, 3.05) is 33.4 Å². The molecular weight excluding hydrogens is 268 g/mol. The minimum atomic E-state index is 0.708. The number of nitrogens with zero attached hydrogens (tertiary/aromatic N) is 1. The van der Waals surface area contributed by atoms with Crippen molar-refractivity contribution in [1.29, 1.82) is 0 Å². The molecule has 0 rings (SSSR count). The van der Waals surface area contributed by atoms with Gasteiger partial charge in [-0.3, -0.25) is 0 Å². The van der Waals surface area contributed by atoms with Gasteiger partial charge in [-0.1, -0.05) is 52.4 Å². The van der Waals surface area contributed by atoms with Crippen molar-refractivity contribution in [3.63, 3.8) is 0 Å². The summed E-state index contributed by atoms with van der Waals surface area (Å²) in [5.74, 6) is 0. The maximum Gasteiger partial charge on any atom is 0.169 e. The normalized spacial score (nSPS) is 10.6. The fraction of sp³-hybridized carbons (Fsp3) is 0.938. The lowest BCUT2D eigenvalue weighted by molar-refractivity contribution is 0.203. The zero-order chi connectivity index (χ0) is 15.1. The highest BCUT2D eigenvalue weighted by Gasteiger charge is 2.08. The van der Waals surface area contributed by atoms with E-state index in [-0.39, 0.29) is 0 Å². The SMILES string of the molecule is CCCCCCN(CCCCCC)C(=S)NCCOC. The fourth-order valence-corrected chi connectivity index (χ4v) is 2.43. The summed E-state index contributed by atoms with van der Waals surface area (Å²) in [5.41, 5.74) is 0. The number of nitrogens with one attached hydrogen (secondary N) is 1. The van der Waals surface area contributed by atoms with Crippen LogP contribution in [0, 0.1) is 0 Å². The summed E-state index contributed by atoms with van der Waals surface area (Å²) < 4.78 is 5.06. The van der Waals surface area contributed by atoms with E-state index in [0.29, 0.717) is 6.61 Å². The van der Waals surface area contributed by atoms with Gasteiger partial charge in [-0.25, -0.2) is 0 Å². The Balaban J connectivity index is 3.98. The molecule has 0 saturated heterocycles. The van der Waals surface area contributed by atoms with Gasteiger partial charge < -0.3 is 15.0 Å². The van der Waals surface area contributed by atoms with E-state index in [1.807, 2.05) is 0 Å². The van der Waals surface area contributed by atoms with Crippen LogP contribution in [0.15, 0.2) is 0 Å². The molecular formula is C16H34N2OS. The average molecular weight is 303 g/mol. The van der Waals surface area contributed by atoms with Crippen LogP contribution in [0.5, 0.6) is 0 Å². The smallest absolute Gasteiger partial charge is 0.169 e. The Kier molecular flexibility index (Phi) is 14.8. The standard InChI is InChI=1S/C16H34N2OS/c1-4-6-8-10-13-18(14-11-9-7-5-2)16(20)17-12-15-19-3/h4-15H2,1-3H3,(H,17,20).